The Hall–Kier alpha value is -2.18. The first-order valence-electron chi connectivity index (χ1n) is 9.56. The summed E-state index contributed by atoms with van der Waals surface area (Å²) in [5.41, 5.74) is 8.42. The zero-order chi connectivity index (χ0) is 20.7. The van der Waals surface area contributed by atoms with Gasteiger partial charge in [-0.15, -0.1) is 0 Å². The number of hydrogen-bond donors (Lipinski definition) is 1. The number of nitrogens with two attached hydrogens (primary N) is 1. The van der Waals surface area contributed by atoms with Crippen LogP contribution < -0.4 is 15.2 Å². The van der Waals surface area contributed by atoms with E-state index in [1.165, 1.54) is 7.11 Å². The van der Waals surface area contributed by atoms with Crippen molar-refractivity contribution in [2.45, 2.75) is 56.6 Å². The van der Waals surface area contributed by atoms with Crippen molar-refractivity contribution in [3.8, 4) is 11.5 Å². The number of aldehydes is 1. The molecule has 0 aliphatic heterocycles. The lowest BCUT2D eigenvalue weighted by Gasteiger charge is -2.36. The third kappa shape index (κ3) is 2.95. The fraction of sp³-hybridized carbons (Fsp3) is 0.545. The molecular formula is C22H29NO5. The monoisotopic (exact) mass is 387 g/mol. The summed E-state index contributed by atoms with van der Waals surface area (Å²) in [6.07, 6.45) is 5.04. The second kappa shape index (κ2) is 7.33. The molecule has 0 spiro atoms. The first-order valence-corrected chi connectivity index (χ1v) is 9.56. The number of methoxy groups -OCH3 is 3. The molecule has 1 aromatic carbocycles. The van der Waals surface area contributed by atoms with Crippen molar-refractivity contribution in [1.82, 2.24) is 0 Å². The van der Waals surface area contributed by atoms with Gasteiger partial charge in [0.2, 0.25) is 0 Å². The van der Waals surface area contributed by atoms with Crippen LogP contribution in [0.3, 0.4) is 0 Å². The minimum absolute atomic E-state index is 0.0666. The van der Waals surface area contributed by atoms with Crippen LogP contribution in [0.2, 0.25) is 0 Å². The summed E-state index contributed by atoms with van der Waals surface area (Å²) in [5, 5.41) is 0. The highest BCUT2D eigenvalue weighted by Crippen LogP contribution is 2.52. The van der Waals surface area contributed by atoms with E-state index in [-0.39, 0.29) is 11.8 Å². The van der Waals surface area contributed by atoms with Gasteiger partial charge >= 0.3 is 0 Å². The van der Waals surface area contributed by atoms with Crippen LogP contribution in [0.5, 0.6) is 11.5 Å². The van der Waals surface area contributed by atoms with Crippen molar-refractivity contribution in [2.75, 3.05) is 21.3 Å². The number of ether oxygens (including phenoxy) is 3. The fourth-order valence-electron chi connectivity index (χ4n) is 4.67. The van der Waals surface area contributed by atoms with Crippen LogP contribution in [0.15, 0.2) is 17.7 Å². The molecular weight excluding hydrogens is 358 g/mol. The van der Waals surface area contributed by atoms with E-state index in [0.29, 0.717) is 42.7 Å². The molecule has 6 heteroatoms. The van der Waals surface area contributed by atoms with E-state index in [1.807, 2.05) is 13.0 Å². The minimum Gasteiger partial charge on any atom is -0.493 e. The van der Waals surface area contributed by atoms with E-state index >= 15 is 0 Å². The van der Waals surface area contributed by atoms with E-state index in [9.17, 15) is 9.59 Å². The Labute approximate surface area is 166 Å². The van der Waals surface area contributed by atoms with E-state index in [0.717, 1.165) is 23.0 Å². The molecule has 0 fully saturated rings. The summed E-state index contributed by atoms with van der Waals surface area (Å²) >= 11 is 0. The third-order valence-corrected chi connectivity index (χ3v) is 6.56. The van der Waals surface area contributed by atoms with Crippen LogP contribution in [0.25, 0.3) is 0 Å². The molecule has 2 aliphatic rings. The highest BCUT2D eigenvalue weighted by atomic mass is 16.5. The standard InChI is InChI=1S/C22H29NO5/c1-21-8-9-22(2,28-5)17(25)11-15(21)16(23)7-6-13-10-14(12-24)19(26-3)20(27-4)18(13)21/h10-12,16H,6-9,23H2,1-5H3/t16-,21?,22?/m0/s1. The van der Waals surface area contributed by atoms with Crippen LogP contribution in [0.1, 0.15) is 54.6 Å². The van der Waals surface area contributed by atoms with Crippen molar-refractivity contribution in [2.24, 2.45) is 5.73 Å². The number of benzene rings is 1. The first-order chi connectivity index (χ1) is 13.3. The van der Waals surface area contributed by atoms with Gasteiger partial charge < -0.3 is 19.9 Å². The Morgan fingerprint density at radius 2 is 1.82 bits per heavy atom. The summed E-state index contributed by atoms with van der Waals surface area (Å²) in [5.74, 6) is 0.888. The Kier molecular flexibility index (Phi) is 5.38. The van der Waals surface area contributed by atoms with Gasteiger partial charge in [0.05, 0.1) is 19.8 Å². The maximum absolute atomic E-state index is 13.0. The van der Waals surface area contributed by atoms with Gasteiger partial charge in [0.15, 0.2) is 23.6 Å². The molecule has 2 unspecified atom stereocenters. The highest BCUT2D eigenvalue weighted by molar-refractivity contribution is 5.98. The lowest BCUT2D eigenvalue weighted by atomic mass is 9.69. The smallest absolute Gasteiger partial charge is 0.187 e. The topological polar surface area (TPSA) is 87.9 Å². The largest absolute Gasteiger partial charge is 0.493 e. The van der Waals surface area contributed by atoms with Gasteiger partial charge in [0, 0.05) is 24.1 Å². The molecule has 152 valence electrons. The molecule has 0 heterocycles. The predicted octanol–water partition coefficient (Wildman–Crippen LogP) is 2.74. The average Bonchev–Trinajstić information content (AvgIpc) is 2.87. The highest BCUT2D eigenvalue weighted by Gasteiger charge is 2.47. The van der Waals surface area contributed by atoms with Gasteiger partial charge in [-0.25, -0.2) is 0 Å². The van der Waals surface area contributed by atoms with Gasteiger partial charge in [0.25, 0.3) is 0 Å². The van der Waals surface area contributed by atoms with Crippen molar-refractivity contribution < 1.29 is 23.8 Å². The number of fused-ring (bicyclic) bond motifs is 3. The fourth-order valence-corrected chi connectivity index (χ4v) is 4.67. The van der Waals surface area contributed by atoms with Crippen LogP contribution in [-0.2, 0) is 21.4 Å². The summed E-state index contributed by atoms with van der Waals surface area (Å²) in [4.78, 5) is 24.6. The molecule has 6 nitrogen and oxygen atoms in total. The molecule has 0 saturated carbocycles. The SMILES string of the molecule is COc1c(C=O)cc2c(c1OC)C1(C)CCC(C)(OC)C(=O)C=C1[C@@H](N)CC2. The molecule has 28 heavy (non-hydrogen) atoms. The van der Waals surface area contributed by atoms with E-state index in [2.05, 4.69) is 6.92 Å². The molecule has 0 radical (unpaired) electrons. The summed E-state index contributed by atoms with van der Waals surface area (Å²) in [7, 11) is 4.66. The predicted molar refractivity (Wildman–Crippen MR) is 106 cm³/mol. The Balaban J connectivity index is 2.34. The molecule has 2 N–H and O–H groups in total. The quantitative estimate of drug-likeness (QED) is 0.800. The second-order valence-electron chi connectivity index (χ2n) is 8.06. The molecule has 2 aliphatic carbocycles. The first kappa shape index (κ1) is 20.6. The van der Waals surface area contributed by atoms with Crippen molar-refractivity contribution in [3.05, 3.63) is 34.4 Å². The summed E-state index contributed by atoms with van der Waals surface area (Å²) in [6.45, 7) is 3.92. The molecule has 0 amide bonds. The molecule has 0 saturated heterocycles. The van der Waals surface area contributed by atoms with Crippen molar-refractivity contribution in [3.63, 3.8) is 0 Å². The Morgan fingerprint density at radius 1 is 1.14 bits per heavy atom. The van der Waals surface area contributed by atoms with Gasteiger partial charge in [-0.2, -0.15) is 0 Å². The number of aryl methyl sites for hydroxylation is 1. The maximum atomic E-state index is 13.0. The van der Waals surface area contributed by atoms with E-state index in [4.69, 9.17) is 19.9 Å². The number of hydrogen-bond acceptors (Lipinski definition) is 6. The van der Waals surface area contributed by atoms with Gasteiger partial charge in [-0.05, 0) is 55.9 Å². The van der Waals surface area contributed by atoms with Crippen molar-refractivity contribution in [1.29, 1.82) is 0 Å². The normalized spacial score (nSPS) is 29.7. The number of rotatable bonds is 4. The lowest BCUT2D eigenvalue weighted by Crippen LogP contribution is -2.36. The van der Waals surface area contributed by atoms with Crippen LogP contribution in [-0.4, -0.2) is 45.0 Å². The van der Waals surface area contributed by atoms with Crippen molar-refractivity contribution >= 4 is 12.1 Å². The molecule has 1 aromatic rings. The van der Waals surface area contributed by atoms with E-state index in [1.54, 1.807) is 20.3 Å². The molecule has 3 rings (SSSR count). The second-order valence-corrected chi connectivity index (χ2v) is 8.06. The number of carbonyl (C=O) groups is 2. The lowest BCUT2D eigenvalue weighted by molar-refractivity contribution is -0.134. The van der Waals surface area contributed by atoms with Crippen LogP contribution in [0, 0.1) is 0 Å². The average molecular weight is 387 g/mol. The Bertz CT molecular complexity index is 846. The Morgan fingerprint density at radius 3 is 2.39 bits per heavy atom. The molecule has 0 aromatic heterocycles. The molecule has 3 atom stereocenters. The summed E-state index contributed by atoms with van der Waals surface area (Å²) in [6, 6.07) is 1.60. The molecule has 0 bridgehead atoms. The number of ketones is 1. The summed E-state index contributed by atoms with van der Waals surface area (Å²) < 4.78 is 16.9. The minimum atomic E-state index is -0.887. The van der Waals surface area contributed by atoms with Crippen LogP contribution >= 0.6 is 0 Å². The van der Waals surface area contributed by atoms with Gasteiger partial charge in [-0.3, -0.25) is 9.59 Å². The zero-order valence-electron chi connectivity index (χ0n) is 17.3. The van der Waals surface area contributed by atoms with Gasteiger partial charge in [0.1, 0.15) is 5.60 Å². The zero-order valence-corrected chi connectivity index (χ0v) is 17.3. The van der Waals surface area contributed by atoms with E-state index < -0.39 is 11.0 Å². The van der Waals surface area contributed by atoms with Gasteiger partial charge in [-0.1, -0.05) is 6.92 Å². The number of carbonyl (C=O) groups excluding carboxylic acids is 2. The van der Waals surface area contributed by atoms with Crippen LogP contribution in [0.4, 0.5) is 0 Å². The third-order valence-electron chi connectivity index (χ3n) is 6.56. The maximum Gasteiger partial charge on any atom is 0.187 e.